The number of amides is 1. The van der Waals surface area contributed by atoms with Gasteiger partial charge in [-0.3, -0.25) is 4.79 Å². The number of hydrogen-bond acceptors (Lipinski definition) is 3. The Kier molecular flexibility index (Phi) is 11.3. The summed E-state index contributed by atoms with van der Waals surface area (Å²) in [5.74, 6) is 0.641. The summed E-state index contributed by atoms with van der Waals surface area (Å²) in [6.45, 7) is 9.82. The molecule has 0 bridgehead atoms. The average molecular weight is 422 g/mol. The maximum absolute atomic E-state index is 11.9. The van der Waals surface area contributed by atoms with E-state index in [4.69, 9.17) is 4.74 Å². The summed E-state index contributed by atoms with van der Waals surface area (Å²) in [5, 5.41) is 6.33. The summed E-state index contributed by atoms with van der Waals surface area (Å²) in [6.07, 6.45) is 3.63. The van der Waals surface area contributed by atoms with Gasteiger partial charge < -0.3 is 15.4 Å². The number of rotatable bonds is 9. The Bertz CT molecular complexity index is 504. The number of nitrogens with one attached hydrogen (secondary N) is 2. The maximum atomic E-state index is 11.9. The molecule has 0 aliphatic rings. The van der Waals surface area contributed by atoms with E-state index in [1.54, 1.807) is 0 Å². The van der Waals surface area contributed by atoms with E-state index < -0.39 is 0 Å². The van der Waals surface area contributed by atoms with Crippen LogP contribution < -0.4 is 15.4 Å². The lowest BCUT2D eigenvalue weighted by atomic mass is 10.1. The van der Waals surface area contributed by atoms with Crippen molar-refractivity contribution in [2.75, 3.05) is 13.2 Å². The molecule has 0 saturated carbocycles. The van der Waals surface area contributed by atoms with Gasteiger partial charge in [0.25, 0.3) is 5.91 Å². The minimum absolute atomic E-state index is 0. The van der Waals surface area contributed by atoms with Crippen LogP contribution in [-0.2, 0) is 11.3 Å². The van der Waals surface area contributed by atoms with Crippen LogP contribution in [0.2, 0.25) is 0 Å². The third kappa shape index (κ3) is 10.2. The van der Waals surface area contributed by atoms with Gasteiger partial charge in [-0.05, 0) is 51.9 Å². The van der Waals surface area contributed by atoms with Gasteiger partial charge in [-0.1, -0.05) is 35.7 Å². The van der Waals surface area contributed by atoms with Crippen molar-refractivity contribution in [1.82, 2.24) is 10.6 Å². The van der Waals surface area contributed by atoms with E-state index in [2.05, 4.69) is 33.5 Å². The van der Waals surface area contributed by atoms with E-state index in [0.29, 0.717) is 0 Å². The molecule has 1 aromatic rings. The molecule has 0 radical (unpaired) electrons. The topological polar surface area (TPSA) is 50.4 Å². The van der Waals surface area contributed by atoms with Gasteiger partial charge >= 0.3 is 0 Å². The van der Waals surface area contributed by atoms with Crippen molar-refractivity contribution in [1.29, 1.82) is 0 Å². The standard InChI is InChI=1S/C18H29BrN2O2.ClH/c1-5-6-7-10-20-12-14-11-15(19)8-9-16(14)23-13-17(22)21-18(2,3)4;/h8-9,11,20H,5-7,10,12-13H2,1-4H3,(H,21,22);1H. The lowest BCUT2D eigenvalue weighted by molar-refractivity contribution is -0.124. The molecule has 0 fully saturated rings. The Balaban J connectivity index is 0.00000529. The molecule has 0 aromatic heterocycles. The molecule has 0 saturated heterocycles. The number of carbonyl (C=O) groups excluding carboxylic acids is 1. The van der Waals surface area contributed by atoms with Crippen molar-refractivity contribution in [3.8, 4) is 5.75 Å². The van der Waals surface area contributed by atoms with E-state index in [-0.39, 0.29) is 30.5 Å². The van der Waals surface area contributed by atoms with Crippen LogP contribution in [0.25, 0.3) is 0 Å². The first-order chi connectivity index (χ1) is 10.8. The molecule has 1 amide bonds. The van der Waals surface area contributed by atoms with Crippen molar-refractivity contribution in [2.45, 2.75) is 59.0 Å². The summed E-state index contributed by atoms with van der Waals surface area (Å²) < 4.78 is 6.71. The molecule has 0 atom stereocenters. The quantitative estimate of drug-likeness (QED) is 0.579. The first-order valence-corrected chi connectivity index (χ1v) is 9.04. The fourth-order valence-electron chi connectivity index (χ4n) is 2.15. The zero-order valence-electron chi connectivity index (χ0n) is 15.1. The fraction of sp³-hybridized carbons (Fsp3) is 0.611. The monoisotopic (exact) mass is 420 g/mol. The molecular weight excluding hydrogens is 392 g/mol. The highest BCUT2D eigenvalue weighted by molar-refractivity contribution is 9.10. The van der Waals surface area contributed by atoms with E-state index in [1.165, 1.54) is 19.3 Å². The number of benzene rings is 1. The predicted molar refractivity (Wildman–Crippen MR) is 106 cm³/mol. The second kappa shape index (κ2) is 11.7. The zero-order valence-corrected chi connectivity index (χ0v) is 17.5. The number of carbonyl (C=O) groups is 1. The molecular formula is C18H30BrClN2O2. The molecule has 138 valence electrons. The Hall–Kier alpha value is -0.780. The minimum atomic E-state index is -0.246. The third-order valence-electron chi connectivity index (χ3n) is 3.17. The summed E-state index contributed by atoms with van der Waals surface area (Å²) in [6, 6.07) is 5.86. The first-order valence-electron chi connectivity index (χ1n) is 8.25. The van der Waals surface area contributed by atoms with Gasteiger partial charge in [-0.15, -0.1) is 12.4 Å². The predicted octanol–water partition coefficient (Wildman–Crippen LogP) is 4.44. The number of unbranched alkanes of at least 4 members (excludes halogenated alkanes) is 2. The molecule has 6 heteroatoms. The van der Waals surface area contributed by atoms with E-state index >= 15 is 0 Å². The van der Waals surface area contributed by atoms with Gasteiger partial charge in [0.05, 0.1) is 0 Å². The molecule has 2 N–H and O–H groups in total. The van der Waals surface area contributed by atoms with Crippen LogP contribution in [0.3, 0.4) is 0 Å². The SMILES string of the molecule is CCCCCNCc1cc(Br)ccc1OCC(=O)NC(C)(C)C.Cl. The van der Waals surface area contributed by atoms with E-state index in [1.807, 2.05) is 39.0 Å². The summed E-state index contributed by atoms with van der Waals surface area (Å²) in [5.41, 5.74) is 0.809. The number of hydrogen-bond donors (Lipinski definition) is 2. The largest absolute Gasteiger partial charge is 0.483 e. The molecule has 1 aromatic carbocycles. The van der Waals surface area contributed by atoms with Crippen molar-refractivity contribution < 1.29 is 9.53 Å². The van der Waals surface area contributed by atoms with Crippen LogP contribution in [0.4, 0.5) is 0 Å². The molecule has 0 aliphatic heterocycles. The third-order valence-corrected chi connectivity index (χ3v) is 3.66. The van der Waals surface area contributed by atoms with Gasteiger partial charge in [0, 0.05) is 22.1 Å². The van der Waals surface area contributed by atoms with Crippen molar-refractivity contribution in [2.24, 2.45) is 0 Å². The Morgan fingerprint density at radius 3 is 2.58 bits per heavy atom. The van der Waals surface area contributed by atoms with Crippen molar-refractivity contribution in [3.05, 3.63) is 28.2 Å². The molecule has 0 aliphatic carbocycles. The minimum Gasteiger partial charge on any atom is -0.483 e. The summed E-state index contributed by atoms with van der Waals surface area (Å²) in [4.78, 5) is 11.9. The number of ether oxygens (including phenoxy) is 1. The fourth-order valence-corrected chi connectivity index (χ4v) is 2.56. The van der Waals surface area contributed by atoms with E-state index in [0.717, 1.165) is 28.9 Å². The smallest absolute Gasteiger partial charge is 0.258 e. The van der Waals surface area contributed by atoms with Crippen LogP contribution in [0.1, 0.15) is 52.5 Å². The Labute approximate surface area is 160 Å². The van der Waals surface area contributed by atoms with Crippen LogP contribution in [0.15, 0.2) is 22.7 Å². The highest BCUT2D eigenvalue weighted by Crippen LogP contribution is 2.23. The van der Waals surface area contributed by atoms with Crippen LogP contribution in [0, 0.1) is 0 Å². The normalized spacial score (nSPS) is 10.9. The molecule has 0 heterocycles. The lowest BCUT2D eigenvalue weighted by Crippen LogP contribution is -2.43. The highest BCUT2D eigenvalue weighted by Gasteiger charge is 2.14. The number of halogens is 2. The highest BCUT2D eigenvalue weighted by atomic mass is 79.9. The van der Waals surface area contributed by atoms with Gasteiger partial charge in [-0.25, -0.2) is 0 Å². The second-order valence-corrected chi connectivity index (χ2v) is 7.64. The van der Waals surface area contributed by atoms with Crippen LogP contribution in [-0.4, -0.2) is 24.6 Å². The van der Waals surface area contributed by atoms with Crippen molar-refractivity contribution >= 4 is 34.2 Å². The van der Waals surface area contributed by atoms with Gasteiger partial charge in [0.1, 0.15) is 5.75 Å². The summed E-state index contributed by atoms with van der Waals surface area (Å²) >= 11 is 3.49. The average Bonchev–Trinajstić information content (AvgIpc) is 2.44. The van der Waals surface area contributed by atoms with Gasteiger partial charge in [-0.2, -0.15) is 0 Å². The summed E-state index contributed by atoms with van der Waals surface area (Å²) in [7, 11) is 0. The van der Waals surface area contributed by atoms with Gasteiger partial charge in [0.15, 0.2) is 6.61 Å². The maximum Gasteiger partial charge on any atom is 0.258 e. The molecule has 24 heavy (non-hydrogen) atoms. The van der Waals surface area contributed by atoms with Crippen LogP contribution >= 0.6 is 28.3 Å². The second-order valence-electron chi connectivity index (χ2n) is 6.72. The van der Waals surface area contributed by atoms with Gasteiger partial charge in [0.2, 0.25) is 0 Å². The first kappa shape index (κ1) is 23.2. The molecule has 0 unspecified atom stereocenters. The van der Waals surface area contributed by atoms with Crippen molar-refractivity contribution in [3.63, 3.8) is 0 Å². The molecule has 4 nitrogen and oxygen atoms in total. The Morgan fingerprint density at radius 2 is 1.96 bits per heavy atom. The zero-order chi connectivity index (χ0) is 17.3. The molecule has 1 rings (SSSR count). The van der Waals surface area contributed by atoms with E-state index in [9.17, 15) is 4.79 Å². The van der Waals surface area contributed by atoms with Crippen LogP contribution in [0.5, 0.6) is 5.75 Å². The Morgan fingerprint density at radius 1 is 1.25 bits per heavy atom. The molecule has 0 spiro atoms. The lowest BCUT2D eigenvalue weighted by Gasteiger charge is -2.21.